The summed E-state index contributed by atoms with van der Waals surface area (Å²) in [5, 5.41) is 2.15. The molecule has 0 spiro atoms. The molecule has 0 radical (unpaired) electrons. The molecule has 2 aromatic rings. The van der Waals surface area contributed by atoms with Crippen LogP contribution in [-0.4, -0.2) is 57.6 Å². The maximum Gasteiger partial charge on any atom is 0.243 e. The van der Waals surface area contributed by atoms with Crippen LogP contribution in [0.2, 0.25) is 5.02 Å². The van der Waals surface area contributed by atoms with Gasteiger partial charge in [-0.3, -0.25) is 9.59 Å². The second kappa shape index (κ2) is 6.02. The molecule has 116 valence electrons. The van der Waals surface area contributed by atoms with Gasteiger partial charge in [-0.05, 0) is 6.92 Å². The smallest absolute Gasteiger partial charge is 0.243 e. The second-order valence-corrected chi connectivity index (χ2v) is 7.49. The number of aryl methyl sites for hydroxylation is 1. The molecule has 9 heteroatoms. The number of hydrogen-bond acceptors (Lipinski definition) is 6. The van der Waals surface area contributed by atoms with Crippen LogP contribution in [0.4, 0.5) is 0 Å². The van der Waals surface area contributed by atoms with Gasteiger partial charge in [-0.2, -0.15) is 0 Å². The minimum Gasteiger partial charge on any atom is -0.326 e. The number of nitrogens with zero attached hydrogens (tertiary/aromatic N) is 4. The summed E-state index contributed by atoms with van der Waals surface area (Å²) in [6, 6.07) is 0. The molecule has 0 bridgehead atoms. The fourth-order valence-corrected chi connectivity index (χ4v) is 4.41. The van der Waals surface area contributed by atoms with Gasteiger partial charge in [0.05, 0.1) is 22.8 Å². The van der Waals surface area contributed by atoms with E-state index < -0.39 is 0 Å². The van der Waals surface area contributed by atoms with Gasteiger partial charge >= 0.3 is 0 Å². The van der Waals surface area contributed by atoms with Gasteiger partial charge in [0.25, 0.3) is 0 Å². The van der Waals surface area contributed by atoms with E-state index in [0.29, 0.717) is 16.7 Å². The molecule has 2 amide bonds. The largest absolute Gasteiger partial charge is 0.326 e. The second-order valence-electron chi connectivity index (χ2n) is 4.94. The van der Waals surface area contributed by atoms with Crippen molar-refractivity contribution in [1.29, 1.82) is 0 Å². The fourth-order valence-electron chi connectivity index (χ4n) is 2.15. The van der Waals surface area contributed by atoms with Gasteiger partial charge in [0.1, 0.15) is 22.7 Å². The molecule has 0 N–H and O–H groups in total. The Morgan fingerprint density at radius 2 is 2.27 bits per heavy atom. The summed E-state index contributed by atoms with van der Waals surface area (Å²) in [7, 11) is 1.69. The third-order valence-electron chi connectivity index (χ3n) is 3.38. The van der Waals surface area contributed by atoms with Gasteiger partial charge < -0.3 is 9.80 Å². The molecule has 6 nitrogen and oxygen atoms in total. The van der Waals surface area contributed by atoms with E-state index in [-0.39, 0.29) is 24.1 Å². The monoisotopic (exact) mass is 356 g/mol. The van der Waals surface area contributed by atoms with Gasteiger partial charge in [-0.25, -0.2) is 9.97 Å². The Labute approximate surface area is 140 Å². The molecule has 0 aromatic carbocycles. The number of hydrogen-bond donors (Lipinski definition) is 0. The van der Waals surface area contributed by atoms with E-state index in [1.807, 2.05) is 6.92 Å². The number of aromatic nitrogens is 2. The molecule has 22 heavy (non-hydrogen) atoms. The van der Waals surface area contributed by atoms with E-state index in [1.54, 1.807) is 7.05 Å². The first kappa shape index (κ1) is 15.5. The number of amides is 2. The highest BCUT2D eigenvalue weighted by Crippen LogP contribution is 2.38. The van der Waals surface area contributed by atoms with Crippen molar-refractivity contribution in [2.24, 2.45) is 0 Å². The molecule has 0 atom stereocenters. The zero-order chi connectivity index (χ0) is 15.9. The lowest BCUT2D eigenvalue weighted by atomic mass is 10.4. The van der Waals surface area contributed by atoms with Crippen LogP contribution in [0, 0.1) is 6.92 Å². The predicted molar refractivity (Wildman–Crippen MR) is 87.2 cm³/mol. The quantitative estimate of drug-likeness (QED) is 0.621. The third kappa shape index (κ3) is 2.78. The van der Waals surface area contributed by atoms with Crippen molar-refractivity contribution < 1.29 is 9.59 Å². The van der Waals surface area contributed by atoms with Crippen molar-refractivity contribution in [3.05, 3.63) is 16.2 Å². The highest BCUT2D eigenvalue weighted by Gasteiger charge is 2.28. The molecular formula is C13H13ClN4O2S2. The summed E-state index contributed by atoms with van der Waals surface area (Å²) in [6.45, 7) is 2.42. The molecule has 1 fully saturated rings. The van der Waals surface area contributed by atoms with Gasteiger partial charge in [0.2, 0.25) is 11.8 Å². The maximum atomic E-state index is 12.2. The van der Waals surface area contributed by atoms with Crippen LogP contribution in [0.1, 0.15) is 4.88 Å². The first-order chi connectivity index (χ1) is 10.5. The molecule has 0 unspecified atom stereocenters. The maximum absolute atomic E-state index is 12.2. The standard InChI is InChI=1S/C13H13ClN4O2S2/c1-7-11(14)10-12(15-5-16-13(10)22-7)21-4-9(20)18-3-8(19)17(2)6-18/h5H,3-4,6H2,1-2H3. The van der Waals surface area contributed by atoms with Gasteiger partial charge in [-0.15, -0.1) is 11.3 Å². The molecular weight excluding hydrogens is 344 g/mol. The van der Waals surface area contributed by atoms with E-state index >= 15 is 0 Å². The Kier molecular flexibility index (Phi) is 4.24. The Hall–Kier alpha value is -1.38. The summed E-state index contributed by atoms with van der Waals surface area (Å²) in [5.74, 6) is 0.0927. The Morgan fingerprint density at radius 3 is 2.95 bits per heavy atom. The van der Waals surface area contributed by atoms with Crippen LogP contribution in [0.15, 0.2) is 11.4 Å². The van der Waals surface area contributed by atoms with Crippen molar-refractivity contribution >= 4 is 56.7 Å². The number of fused-ring (bicyclic) bond motifs is 1. The number of carbonyl (C=O) groups is 2. The summed E-state index contributed by atoms with van der Waals surface area (Å²) in [5.41, 5.74) is 0. The summed E-state index contributed by atoms with van der Waals surface area (Å²) in [6.07, 6.45) is 1.48. The fraction of sp³-hybridized carbons (Fsp3) is 0.385. The van der Waals surface area contributed by atoms with Crippen LogP contribution in [-0.2, 0) is 9.59 Å². The van der Waals surface area contributed by atoms with Gasteiger partial charge in [0, 0.05) is 11.9 Å². The Bertz CT molecular complexity index is 764. The van der Waals surface area contributed by atoms with E-state index in [9.17, 15) is 9.59 Å². The van der Waals surface area contributed by atoms with E-state index in [1.165, 1.54) is 39.2 Å². The first-order valence-corrected chi connectivity index (χ1v) is 8.69. The first-order valence-electron chi connectivity index (χ1n) is 6.51. The molecule has 3 rings (SSSR count). The average Bonchev–Trinajstić information content (AvgIpc) is 2.97. The number of thiophene rings is 1. The highest BCUT2D eigenvalue weighted by atomic mass is 35.5. The van der Waals surface area contributed by atoms with E-state index in [0.717, 1.165) is 15.1 Å². The Balaban J connectivity index is 1.74. The third-order valence-corrected chi connectivity index (χ3v) is 5.95. The van der Waals surface area contributed by atoms with Crippen molar-refractivity contribution in [1.82, 2.24) is 19.8 Å². The minimum atomic E-state index is -0.0856. The lowest BCUT2D eigenvalue weighted by Gasteiger charge is -2.14. The summed E-state index contributed by atoms with van der Waals surface area (Å²) in [4.78, 5) is 37.0. The Morgan fingerprint density at radius 1 is 1.50 bits per heavy atom. The molecule has 1 aliphatic rings. The lowest BCUT2D eigenvalue weighted by Crippen LogP contribution is -2.31. The summed E-state index contributed by atoms with van der Waals surface area (Å²) >= 11 is 9.13. The van der Waals surface area contributed by atoms with E-state index in [4.69, 9.17) is 11.6 Å². The van der Waals surface area contributed by atoms with Gasteiger partial charge in [-0.1, -0.05) is 23.4 Å². The van der Waals surface area contributed by atoms with Crippen molar-refractivity contribution in [3.63, 3.8) is 0 Å². The minimum absolute atomic E-state index is 0.0423. The molecule has 3 heterocycles. The average molecular weight is 357 g/mol. The summed E-state index contributed by atoms with van der Waals surface area (Å²) < 4.78 is 0. The predicted octanol–water partition coefficient (Wildman–Crippen LogP) is 2.00. The van der Waals surface area contributed by atoms with Crippen LogP contribution in [0.3, 0.4) is 0 Å². The SMILES string of the molecule is Cc1sc2ncnc(SCC(=O)N3CC(=O)N(C)C3)c2c1Cl. The van der Waals surface area contributed by atoms with Crippen LogP contribution in [0.5, 0.6) is 0 Å². The number of carbonyl (C=O) groups excluding carboxylic acids is 2. The lowest BCUT2D eigenvalue weighted by molar-refractivity contribution is -0.129. The molecule has 1 saturated heterocycles. The number of halogens is 1. The molecule has 0 saturated carbocycles. The normalized spacial score (nSPS) is 15.1. The van der Waals surface area contributed by atoms with Crippen molar-refractivity contribution in [2.45, 2.75) is 11.9 Å². The highest BCUT2D eigenvalue weighted by molar-refractivity contribution is 8.00. The number of rotatable bonds is 3. The topological polar surface area (TPSA) is 66.4 Å². The molecule has 2 aromatic heterocycles. The van der Waals surface area contributed by atoms with E-state index in [2.05, 4.69) is 9.97 Å². The van der Waals surface area contributed by atoms with Gasteiger partial charge in [0.15, 0.2) is 0 Å². The van der Waals surface area contributed by atoms with Crippen molar-refractivity contribution in [2.75, 3.05) is 26.0 Å². The number of thioether (sulfide) groups is 1. The zero-order valence-corrected chi connectivity index (χ0v) is 14.4. The van der Waals surface area contributed by atoms with Crippen molar-refractivity contribution in [3.8, 4) is 0 Å². The number of likely N-dealkylation sites (N-methyl/N-ethyl adjacent to an activating group) is 1. The van der Waals surface area contributed by atoms with Crippen LogP contribution in [0.25, 0.3) is 10.2 Å². The zero-order valence-electron chi connectivity index (χ0n) is 12.0. The van der Waals surface area contributed by atoms with Crippen LogP contribution >= 0.6 is 34.7 Å². The molecule has 1 aliphatic heterocycles. The van der Waals surface area contributed by atoms with Crippen LogP contribution < -0.4 is 0 Å². The molecule has 0 aliphatic carbocycles.